The van der Waals surface area contributed by atoms with Gasteiger partial charge in [-0.25, -0.2) is 0 Å². The quantitative estimate of drug-likeness (QED) is 0.606. The van der Waals surface area contributed by atoms with Crippen molar-refractivity contribution in [1.29, 1.82) is 0 Å². The third-order valence-electron chi connectivity index (χ3n) is 3.32. The summed E-state index contributed by atoms with van der Waals surface area (Å²) in [5.74, 6) is 1.52. The average molecular weight is 334 g/mol. The molecule has 2 aromatic rings. The van der Waals surface area contributed by atoms with E-state index in [0.29, 0.717) is 19.2 Å². The molecule has 2 N–H and O–H groups in total. The van der Waals surface area contributed by atoms with E-state index in [1.165, 1.54) is 0 Å². The molecule has 7 heteroatoms. The Balaban J connectivity index is 1.63. The van der Waals surface area contributed by atoms with Crippen molar-refractivity contribution in [3.05, 3.63) is 36.9 Å². The van der Waals surface area contributed by atoms with Crippen LogP contribution >= 0.6 is 0 Å². The Morgan fingerprint density at radius 1 is 1.08 bits per heavy atom. The minimum absolute atomic E-state index is 0.263. The number of aliphatic hydroxyl groups is 1. The Morgan fingerprint density at radius 2 is 1.71 bits per heavy atom. The number of aryl methyl sites for hydroxylation is 1. The Bertz CT molecular complexity index is 558. The van der Waals surface area contributed by atoms with Gasteiger partial charge in [-0.3, -0.25) is 0 Å². The maximum atomic E-state index is 9.81. The van der Waals surface area contributed by atoms with E-state index in [-0.39, 0.29) is 6.61 Å². The minimum Gasteiger partial charge on any atom is -0.494 e. The second-order valence-electron chi connectivity index (χ2n) is 5.90. The van der Waals surface area contributed by atoms with Gasteiger partial charge in [-0.1, -0.05) is 13.8 Å². The molecule has 0 amide bonds. The number of nitrogens with one attached hydrogen (secondary N) is 1. The number of ether oxygens (including phenoxy) is 2. The van der Waals surface area contributed by atoms with E-state index in [1.54, 1.807) is 12.7 Å². The summed E-state index contributed by atoms with van der Waals surface area (Å²) in [6.45, 7) is 6.32. The van der Waals surface area contributed by atoms with Crippen LogP contribution in [0.1, 0.15) is 20.3 Å². The van der Waals surface area contributed by atoms with Crippen molar-refractivity contribution in [2.75, 3.05) is 19.8 Å². The summed E-state index contributed by atoms with van der Waals surface area (Å²) in [5, 5.41) is 20.5. The first-order valence-electron chi connectivity index (χ1n) is 8.23. The number of hydrogen-bond donors (Lipinski definition) is 2. The largest absolute Gasteiger partial charge is 0.494 e. The van der Waals surface area contributed by atoms with Gasteiger partial charge in [0.25, 0.3) is 0 Å². The van der Waals surface area contributed by atoms with Crippen LogP contribution in [0.5, 0.6) is 11.5 Å². The van der Waals surface area contributed by atoms with Crippen molar-refractivity contribution < 1.29 is 14.6 Å². The van der Waals surface area contributed by atoms with Crippen LogP contribution in [0.2, 0.25) is 0 Å². The summed E-state index contributed by atoms with van der Waals surface area (Å²) in [4.78, 5) is 0. The van der Waals surface area contributed by atoms with Crippen LogP contribution in [0.15, 0.2) is 36.9 Å². The van der Waals surface area contributed by atoms with E-state index in [9.17, 15) is 5.11 Å². The molecule has 0 radical (unpaired) electrons. The van der Waals surface area contributed by atoms with Gasteiger partial charge in [0.15, 0.2) is 0 Å². The van der Waals surface area contributed by atoms with Crippen LogP contribution < -0.4 is 14.8 Å². The fraction of sp³-hybridized carbons (Fsp3) is 0.529. The minimum atomic E-state index is -0.527. The van der Waals surface area contributed by atoms with E-state index in [1.807, 2.05) is 42.7 Å². The van der Waals surface area contributed by atoms with Gasteiger partial charge in [0.2, 0.25) is 0 Å². The van der Waals surface area contributed by atoms with E-state index < -0.39 is 6.10 Å². The number of nitrogens with zero attached hydrogens (tertiary/aromatic N) is 3. The third kappa shape index (κ3) is 6.97. The van der Waals surface area contributed by atoms with Gasteiger partial charge >= 0.3 is 0 Å². The zero-order chi connectivity index (χ0) is 17.2. The lowest BCUT2D eigenvalue weighted by atomic mass is 10.3. The van der Waals surface area contributed by atoms with Gasteiger partial charge in [0, 0.05) is 19.1 Å². The van der Waals surface area contributed by atoms with Crippen molar-refractivity contribution >= 4 is 0 Å². The Hall–Kier alpha value is -2.12. The molecule has 0 fully saturated rings. The Morgan fingerprint density at radius 3 is 2.33 bits per heavy atom. The van der Waals surface area contributed by atoms with Crippen LogP contribution in [0.4, 0.5) is 0 Å². The summed E-state index contributed by atoms with van der Waals surface area (Å²) in [6, 6.07) is 7.77. The highest BCUT2D eigenvalue weighted by Crippen LogP contribution is 2.18. The van der Waals surface area contributed by atoms with Crippen molar-refractivity contribution in [2.45, 2.75) is 39.0 Å². The molecule has 0 aliphatic heterocycles. The average Bonchev–Trinajstić information content (AvgIpc) is 3.09. The molecule has 0 spiro atoms. The third-order valence-corrected chi connectivity index (χ3v) is 3.32. The monoisotopic (exact) mass is 334 g/mol. The second kappa shape index (κ2) is 9.89. The van der Waals surface area contributed by atoms with Gasteiger partial charge in [-0.15, -0.1) is 10.2 Å². The molecule has 1 heterocycles. The molecule has 1 atom stereocenters. The molecule has 7 nitrogen and oxygen atoms in total. The molecule has 1 unspecified atom stereocenters. The van der Waals surface area contributed by atoms with Crippen molar-refractivity contribution in [3.63, 3.8) is 0 Å². The topological polar surface area (TPSA) is 81.4 Å². The second-order valence-corrected chi connectivity index (χ2v) is 5.90. The standard InChI is InChI=1S/C17H26N4O3/c1-14(2)18-10-15(22)11-24-17-6-4-16(5-7-17)23-9-3-8-21-12-19-20-13-21/h4-7,12-15,18,22H,3,8-11H2,1-2H3. The SMILES string of the molecule is CC(C)NCC(O)COc1ccc(OCCCn2cnnc2)cc1. The highest BCUT2D eigenvalue weighted by atomic mass is 16.5. The first-order chi connectivity index (χ1) is 11.6. The van der Waals surface area contributed by atoms with Crippen molar-refractivity contribution in [2.24, 2.45) is 0 Å². The maximum Gasteiger partial charge on any atom is 0.119 e. The van der Waals surface area contributed by atoms with Gasteiger partial charge in [0.05, 0.1) is 6.61 Å². The van der Waals surface area contributed by atoms with Crippen molar-refractivity contribution in [3.8, 4) is 11.5 Å². The first-order valence-corrected chi connectivity index (χ1v) is 8.23. The molecule has 0 aliphatic rings. The molecule has 0 saturated heterocycles. The Kier molecular flexibility index (Phi) is 7.51. The van der Waals surface area contributed by atoms with E-state index >= 15 is 0 Å². The Labute approximate surface area is 142 Å². The van der Waals surface area contributed by atoms with Gasteiger partial charge in [-0.05, 0) is 30.7 Å². The number of benzene rings is 1. The summed E-state index contributed by atoms with van der Waals surface area (Å²) in [5.41, 5.74) is 0. The molecule has 1 aromatic heterocycles. The van der Waals surface area contributed by atoms with E-state index in [2.05, 4.69) is 15.5 Å². The van der Waals surface area contributed by atoms with E-state index in [0.717, 1.165) is 24.5 Å². The van der Waals surface area contributed by atoms with Crippen molar-refractivity contribution in [1.82, 2.24) is 20.1 Å². The van der Waals surface area contributed by atoms with Crippen LogP contribution in [0.25, 0.3) is 0 Å². The van der Waals surface area contributed by atoms with Crippen LogP contribution in [0.3, 0.4) is 0 Å². The number of aliphatic hydroxyl groups excluding tert-OH is 1. The molecule has 0 aliphatic carbocycles. The number of aromatic nitrogens is 3. The van der Waals surface area contributed by atoms with Crippen LogP contribution in [-0.4, -0.2) is 51.8 Å². The van der Waals surface area contributed by atoms with Gasteiger partial charge in [-0.2, -0.15) is 0 Å². The molecular weight excluding hydrogens is 308 g/mol. The molecule has 2 rings (SSSR count). The maximum absolute atomic E-state index is 9.81. The molecule has 0 saturated carbocycles. The highest BCUT2D eigenvalue weighted by molar-refractivity contribution is 5.31. The lowest BCUT2D eigenvalue weighted by Gasteiger charge is -2.15. The van der Waals surface area contributed by atoms with Gasteiger partial charge in [0.1, 0.15) is 36.9 Å². The number of rotatable bonds is 11. The predicted molar refractivity (Wildman–Crippen MR) is 91.2 cm³/mol. The summed E-state index contributed by atoms with van der Waals surface area (Å²) < 4.78 is 13.2. The first kappa shape index (κ1) is 18.2. The molecule has 0 bridgehead atoms. The predicted octanol–water partition coefficient (Wildman–Crippen LogP) is 1.48. The lowest BCUT2D eigenvalue weighted by Crippen LogP contribution is -2.35. The summed E-state index contributed by atoms with van der Waals surface area (Å²) in [7, 11) is 0. The van der Waals surface area contributed by atoms with Gasteiger partial charge < -0.3 is 24.5 Å². The number of hydrogen-bond acceptors (Lipinski definition) is 6. The normalized spacial score (nSPS) is 12.3. The molecule has 132 valence electrons. The lowest BCUT2D eigenvalue weighted by molar-refractivity contribution is 0.104. The zero-order valence-corrected chi connectivity index (χ0v) is 14.3. The fourth-order valence-electron chi connectivity index (χ4n) is 2.03. The fourth-order valence-corrected chi connectivity index (χ4v) is 2.03. The highest BCUT2D eigenvalue weighted by Gasteiger charge is 2.06. The smallest absolute Gasteiger partial charge is 0.119 e. The molecule has 24 heavy (non-hydrogen) atoms. The summed E-state index contributed by atoms with van der Waals surface area (Å²) >= 11 is 0. The van der Waals surface area contributed by atoms with E-state index in [4.69, 9.17) is 9.47 Å². The molecular formula is C17H26N4O3. The summed E-state index contributed by atoms with van der Waals surface area (Å²) in [6.07, 6.45) is 3.74. The molecule has 1 aromatic carbocycles. The zero-order valence-electron chi connectivity index (χ0n) is 14.3. The van der Waals surface area contributed by atoms with Crippen LogP contribution in [0, 0.1) is 0 Å². The van der Waals surface area contributed by atoms with Crippen LogP contribution in [-0.2, 0) is 6.54 Å².